The maximum Gasteiger partial charge on any atom is 0.319 e. The molecule has 6 heterocycles. The van der Waals surface area contributed by atoms with Crippen LogP contribution in [0.25, 0.3) is 28.1 Å². The number of hydrogen-bond acceptors (Lipinski definition) is 9. The predicted octanol–water partition coefficient (Wildman–Crippen LogP) is 6.07. The lowest BCUT2D eigenvalue weighted by Gasteiger charge is -2.38. The summed E-state index contributed by atoms with van der Waals surface area (Å²) in [5, 5.41) is 14.4. The zero-order valence-corrected chi connectivity index (χ0v) is 27.1. The number of nitrogens with one attached hydrogen (secondary N) is 1. The molecule has 1 aromatic heterocycles. The number of nitriles is 1. The van der Waals surface area contributed by atoms with Crippen molar-refractivity contribution in [3.8, 4) is 23.2 Å². The average Bonchev–Trinajstić information content (AvgIpc) is 3.43. The molecule has 6 aliphatic rings. The third-order valence-electron chi connectivity index (χ3n) is 11.1. The summed E-state index contributed by atoms with van der Waals surface area (Å²) >= 11 is 1.19. The molecular weight excluding hydrogens is 617 g/mol. The zero-order chi connectivity index (χ0) is 32.0. The van der Waals surface area contributed by atoms with Crippen molar-refractivity contribution < 1.29 is 13.5 Å². The molecule has 11 heteroatoms. The molecule has 3 N–H and O–H groups in total. The van der Waals surface area contributed by atoms with E-state index in [1.54, 1.807) is 6.07 Å². The van der Waals surface area contributed by atoms with Gasteiger partial charge in [0, 0.05) is 66.6 Å². The Balaban J connectivity index is 1.14. The van der Waals surface area contributed by atoms with E-state index in [-0.39, 0.29) is 35.3 Å². The van der Waals surface area contributed by atoms with Crippen LogP contribution in [0.15, 0.2) is 40.3 Å². The minimum atomic E-state index is -0.458. The number of ether oxygens (including phenoxy) is 1. The summed E-state index contributed by atoms with van der Waals surface area (Å²) in [5.74, 6) is -0.275. The molecule has 3 aromatic rings. The van der Waals surface area contributed by atoms with Gasteiger partial charge in [0.05, 0.1) is 16.0 Å². The largest absolute Gasteiger partial charge is 0.459 e. The summed E-state index contributed by atoms with van der Waals surface area (Å²) in [4.78, 5) is 15.0. The molecular formula is C36H37F2N7OS. The molecule has 2 aromatic carbocycles. The van der Waals surface area contributed by atoms with Crippen molar-refractivity contribution in [1.29, 1.82) is 5.26 Å². The lowest BCUT2D eigenvalue weighted by atomic mass is 9.90. The highest BCUT2D eigenvalue weighted by Gasteiger charge is 2.41. The van der Waals surface area contributed by atoms with Crippen molar-refractivity contribution in [3.05, 3.63) is 58.1 Å². The molecule has 0 saturated carbocycles. The molecule has 5 unspecified atom stereocenters. The molecule has 6 atom stereocenters. The van der Waals surface area contributed by atoms with Crippen molar-refractivity contribution in [2.75, 3.05) is 24.5 Å². The maximum atomic E-state index is 17.2. The Morgan fingerprint density at radius 2 is 1.89 bits per heavy atom. The summed E-state index contributed by atoms with van der Waals surface area (Å²) < 4.78 is 38.7. The molecule has 0 spiro atoms. The van der Waals surface area contributed by atoms with Crippen LogP contribution in [-0.2, 0) is 0 Å². The first kappa shape index (κ1) is 29.4. The molecule has 4 fully saturated rings. The highest BCUT2D eigenvalue weighted by atomic mass is 32.2. The highest BCUT2D eigenvalue weighted by molar-refractivity contribution is 8.03. The zero-order valence-electron chi connectivity index (χ0n) is 26.3. The molecule has 9 rings (SSSR count). The van der Waals surface area contributed by atoms with Gasteiger partial charge in [0.2, 0.25) is 0 Å². The lowest BCUT2D eigenvalue weighted by Crippen LogP contribution is -2.51. The number of nitrogens with two attached hydrogens (primary N) is 1. The SMILES string of the molecule is C[C@@H](CN1C2CCC1CC(C#N)C2)Oc1nc(N2CC3CCC(C2)N3)c2cc3c(c(F)c2n1)-c1ccc(F)c2c1C(C=C3)C=C(N)S2. The Labute approximate surface area is 277 Å². The van der Waals surface area contributed by atoms with Crippen LogP contribution in [0.5, 0.6) is 6.01 Å². The van der Waals surface area contributed by atoms with E-state index in [1.807, 2.05) is 31.2 Å². The van der Waals surface area contributed by atoms with Gasteiger partial charge in [-0.2, -0.15) is 15.2 Å². The van der Waals surface area contributed by atoms with Gasteiger partial charge < -0.3 is 20.7 Å². The minimum absolute atomic E-state index is 0.127. The van der Waals surface area contributed by atoms with Gasteiger partial charge in [-0.3, -0.25) is 4.90 Å². The van der Waals surface area contributed by atoms with Gasteiger partial charge in [0.25, 0.3) is 0 Å². The van der Waals surface area contributed by atoms with Gasteiger partial charge in [-0.05, 0) is 80.3 Å². The number of piperidine rings is 1. The molecule has 4 saturated heterocycles. The fourth-order valence-corrected chi connectivity index (χ4v) is 10.0. The molecule has 0 radical (unpaired) electrons. The van der Waals surface area contributed by atoms with E-state index >= 15 is 8.78 Å². The number of aromatic nitrogens is 2. The van der Waals surface area contributed by atoms with Gasteiger partial charge >= 0.3 is 6.01 Å². The van der Waals surface area contributed by atoms with Crippen LogP contribution in [0.4, 0.5) is 14.6 Å². The summed E-state index contributed by atoms with van der Waals surface area (Å²) in [6.45, 7) is 4.28. The van der Waals surface area contributed by atoms with Crippen LogP contribution in [0.1, 0.15) is 62.5 Å². The normalized spacial score (nSPS) is 29.6. The average molecular weight is 654 g/mol. The summed E-state index contributed by atoms with van der Waals surface area (Å²) in [6.07, 6.45) is 11.8. The number of fused-ring (bicyclic) bond motifs is 7. The molecule has 47 heavy (non-hydrogen) atoms. The van der Waals surface area contributed by atoms with Crippen molar-refractivity contribution in [1.82, 2.24) is 20.2 Å². The Morgan fingerprint density at radius 3 is 2.64 bits per heavy atom. The van der Waals surface area contributed by atoms with Crippen LogP contribution in [0.3, 0.4) is 0 Å². The van der Waals surface area contributed by atoms with Crippen LogP contribution in [0, 0.1) is 28.9 Å². The Hall–Kier alpha value is -3.72. The third kappa shape index (κ3) is 4.90. The first-order valence-electron chi connectivity index (χ1n) is 16.9. The van der Waals surface area contributed by atoms with E-state index in [2.05, 4.69) is 21.2 Å². The predicted molar refractivity (Wildman–Crippen MR) is 179 cm³/mol. The van der Waals surface area contributed by atoms with E-state index in [9.17, 15) is 5.26 Å². The van der Waals surface area contributed by atoms with E-state index in [1.165, 1.54) is 17.8 Å². The second-order valence-electron chi connectivity index (χ2n) is 14.1. The maximum absolute atomic E-state index is 17.2. The van der Waals surface area contributed by atoms with Crippen molar-refractivity contribution >= 4 is 34.6 Å². The second kappa shape index (κ2) is 11.2. The minimum Gasteiger partial charge on any atom is -0.459 e. The van der Waals surface area contributed by atoms with Crippen molar-refractivity contribution in [2.45, 2.75) is 86.5 Å². The molecule has 8 nitrogen and oxygen atoms in total. The second-order valence-corrected chi connectivity index (χ2v) is 15.2. The number of benzene rings is 2. The van der Waals surface area contributed by atoms with Gasteiger partial charge in [0.15, 0.2) is 5.82 Å². The fourth-order valence-electron chi connectivity index (χ4n) is 9.07. The number of allylic oxidation sites excluding steroid dienone is 2. The molecule has 5 aliphatic heterocycles. The Morgan fingerprint density at radius 1 is 1.13 bits per heavy atom. The summed E-state index contributed by atoms with van der Waals surface area (Å²) in [5.41, 5.74) is 8.89. The monoisotopic (exact) mass is 653 g/mol. The summed E-state index contributed by atoms with van der Waals surface area (Å²) in [6, 6.07) is 9.22. The van der Waals surface area contributed by atoms with Crippen LogP contribution in [-0.4, -0.2) is 64.8 Å². The molecule has 0 amide bonds. The standard InChI is InChI=1S/C36H37F2N7OS/c1-18(15-45-24-6-7-25(45)11-19(10-24)14-39)46-36-42-33-27(35(43-36)44-16-22-4-5-23(17-44)41-22)12-20-2-3-21-13-29(40)47-34-28(37)9-8-26(31(21)34)30(20)32(33)38/h2-3,8-9,12-13,18-19,21-25,41H,4-7,10-11,15-17,40H2,1H3/t18-,19?,21?,22?,23?,24?,25?/m0/s1. The van der Waals surface area contributed by atoms with Crippen molar-refractivity contribution in [2.24, 2.45) is 11.7 Å². The number of anilines is 1. The Kier molecular flexibility index (Phi) is 7.00. The van der Waals surface area contributed by atoms with Crippen molar-refractivity contribution in [3.63, 3.8) is 0 Å². The molecule has 242 valence electrons. The van der Waals surface area contributed by atoms with E-state index in [0.717, 1.165) is 57.2 Å². The first-order valence-corrected chi connectivity index (χ1v) is 17.7. The quantitative estimate of drug-likeness (QED) is 0.340. The lowest BCUT2D eigenvalue weighted by molar-refractivity contribution is 0.0674. The smallest absolute Gasteiger partial charge is 0.319 e. The summed E-state index contributed by atoms with van der Waals surface area (Å²) in [7, 11) is 0. The van der Waals surface area contributed by atoms with E-state index in [0.29, 0.717) is 68.5 Å². The van der Waals surface area contributed by atoms with Gasteiger partial charge in [-0.1, -0.05) is 30.0 Å². The Bertz CT molecular complexity index is 1880. The van der Waals surface area contributed by atoms with Gasteiger partial charge in [0.1, 0.15) is 23.3 Å². The number of rotatable bonds is 5. The first-order chi connectivity index (χ1) is 22.8. The van der Waals surface area contributed by atoms with Crippen LogP contribution < -0.4 is 20.7 Å². The molecule has 1 aliphatic carbocycles. The topological polar surface area (TPSA) is 103 Å². The molecule has 4 bridgehead atoms. The van der Waals surface area contributed by atoms with E-state index < -0.39 is 5.82 Å². The fraction of sp³-hybridized carbons (Fsp3) is 0.472. The van der Waals surface area contributed by atoms with Gasteiger partial charge in [-0.15, -0.1) is 0 Å². The third-order valence-corrected chi connectivity index (χ3v) is 12.1. The highest BCUT2D eigenvalue weighted by Crippen LogP contribution is 2.50. The number of piperazine rings is 1. The van der Waals surface area contributed by atoms with Crippen LogP contribution >= 0.6 is 11.8 Å². The van der Waals surface area contributed by atoms with Gasteiger partial charge in [-0.25, -0.2) is 8.78 Å². The van der Waals surface area contributed by atoms with E-state index in [4.69, 9.17) is 20.4 Å². The van der Waals surface area contributed by atoms with Crippen LogP contribution in [0.2, 0.25) is 0 Å². The number of thioether (sulfide) groups is 1. The number of nitrogens with zero attached hydrogens (tertiary/aromatic N) is 5. The number of hydrogen-bond donors (Lipinski definition) is 2. The number of halogens is 2.